The van der Waals surface area contributed by atoms with Crippen LogP contribution in [-0.2, 0) is 11.3 Å². The Labute approximate surface area is 139 Å². The first-order valence-corrected chi connectivity index (χ1v) is 7.66. The van der Waals surface area contributed by atoms with Gasteiger partial charge in [-0.1, -0.05) is 30.3 Å². The van der Waals surface area contributed by atoms with Gasteiger partial charge in [-0.05, 0) is 36.2 Å². The number of methoxy groups -OCH3 is 1. The molecule has 2 N–H and O–H groups in total. The fraction of sp³-hybridized carbons (Fsp3) is 0.211. The number of para-hydroxylation sites is 1. The number of hydrogen-bond acceptors (Lipinski definition) is 4. The molecule has 3 aromatic rings. The van der Waals surface area contributed by atoms with E-state index in [0.29, 0.717) is 12.3 Å². The molecule has 124 valence electrons. The molecule has 0 spiro atoms. The van der Waals surface area contributed by atoms with E-state index in [9.17, 15) is 9.90 Å². The second-order valence-corrected chi connectivity index (χ2v) is 5.64. The number of carbonyl (C=O) groups is 1. The Bertz CT molecular complexity index is 851. The molecule has 0 aliphatic heterocycles. The van der Waals surface area contributed by atoms with E-state index in [1.807, 2.05) is 49.4 Å². The average molecular weight is 325 g/mol. The van der Waals surface area contributed by atoms with Crippen molar-refractivity contribution in [1.29, 1.82) is 0 Å². The van der Waals surface area contributed by atoms with Crippen molar-refractivity contribution in [3.63, 3.8) is 0 Å². The van der Waals surface area contributed by atoms with E-state index < -0.39 is 12.0 Å². The number of carboxylic acids is 1. The molecule has 0 saturated carbocycles. The summed E-state index contributed by atoms with van der Waals surface area (Å²) in [5, 5.41) is 13.5. The Morgan fingerprint density at radius 2 is 2.00 bits per heavy atom. The Balaban J connectivity index is 1.80. The van der Waals surface area contributed by atoms with Crippen LogP contribution in [0, 0.1) is 6.92 Å². The van der Waals surface area contributed by atoms with Gasteiger partial charge in [0, 0.05) is 11.9 Å². The molecule has 0 bridgehead atoms. The molecule has 1 atom stereocenters. The average Bonchev–Trinajstić information content (AvgIpc) is 3.00. The lowest BCUT2D eigenvalue weighted by atomic mass is 10.1. The summed E-state index contributed by atoms with van der Waals surface area (Å²) in [6.07, 6.45) is 0. The van der Waals surface area contributed by atoms with Gasteiger partial charge in [0.05, 0.1) is 7.11 Å². The number of fused-ring (bicyclic) bond motifs is 1. The van der Waals surface area contributed by atoms with E-state index in [-0.39, 0.29) is 0 Å². The smallest absolute Gasteiger partial charge is 0.328 e. The van der Waals surface area contributed by atoms with Crippen molar-refractivity contribution < 1.29 is 19.1 Å². The lowest BCUT2D eigenvalue weighted by Crippen LogP contribution is -2.27. The molecule has 0 radical (unpaired) electrons. The van der Waals surface area contributed by atoms with E-state index in [0.717, 1.165) is 27.8 Å². The van der Waals surface area contributed by atoms with Gasteiger partial charge in [0.25, 0.3) is 0 Å². The number of aliphatic carboxylic acids is 1. The molecule has 1 heterocycles. The zero-order chi connectivity index (χ0) is 17.1. The highest BCUT2D eigenvalue weighted by Gasteiger charge is 2.23. The minimum Gasteiger partial charge on any atom is -0.497 e. The third-order valence-electron chi connectivity index (χ3n) is 3.96. The zero-order valence-electron chi connectivity index (χ0n) is 13.6. The second-order valence-electron chi connectivity index (χ2n) is 5.64. The monoisotopic (exact) mass is 325 g/mol. The standard InChI is InChI=1S/C19H19NO4/c1-12-4-3-5-14-10-16(24-18(12)14)17(19(21)22)20-11-13-6-8-15(23-2)9-7-13/h3-10,17,20H,11H2,1-2H3,(H,21,22). The molecule has 0 amide bonds. The van der Waals surface area contributed by atoms with Crippen LogP contribution in [0.15, 0.2) is 52.9 Å². The molecule has 2 aromatic carbocycles. The van der Waals surface area contributed by atoms with Crippen LogP contribution in [0.25, 0.3) is 11.0 Å². The summed E-state index contributed by atoms with van der Waals surface area (Å²) in [5.74, 6) is 0.196. The molecule has 5 nitrogen and oxygen atoms in total. The van der Waals surface area contributed by atoms with Crippen LogP contribution < -0.4 is 10.1 Å². The fourth-order valence-corrected chi connectivity index (χ4v) is 2.64. The van der Waals surface area contributed by atoms with E-state index in [1.165, 1.54) is 0 Å². The third kappa shape index (κ3) is 3.26. The number of hydrogen-bond donors (Lipinski definition) is 2. The molecule has 3 rings (SSSR count). The zero-order valence-corrected chi connectivity index (χ0v) is 13.6. The maximum Gasteiger partial charge on any atom is 0.328 e. The van der Waals surface area contributed by atoms with Gasteiger partial charge in [0.1, 0.15) is 17.1 Å². The number of aryl methyl sites for hydroxylation is 1. The first kappa shape index (κ1) is 16.1. The predicted octanol–water partition coefficient (Wildman–Crippen LogP) is 3.67. The van der Waals surface area contributed by atoms with E-state index in [1.54, 1.807) is 13.2 Å². The Kier molecular flexibility index (Phi) is 4.53. The van der Waals surface area contributed by atoms with Gasteiger partial charge in [0.15, 0.2) is 6.04 Å². The van der Waals surface area contributed by atoms with Crippen molar-refractivity contribution in [3.05, 3.63) is 65.4 Å². The van der Waals surface area contributed by atoms with E-state index in [4.69, 9.17) is 9.15 Å². The van der Waals surface area contributed by atoms with Crippen LogP contribution in [-0.4, -0.2) is 18.2 Å². The summed E-state index contributed by atoms with van der Waals surface area (Å²) in [6.45, 7) is 2.35. The summed E-state index contributed by atoms with van der Waals surface area (Å²) in [6, 6.07) is 14.1. The summed E-state index contributed by atoms with van der Waals surface area (Å²) in [7, 11) is 1.61. The highest BCUT2D eigenvalue weighted by atomic mass is 16.5. The van der Waals surface area contributed by atoms with E-state index in [2.05, 4.69) is 5.32 Å². The topological polar surface area (TPSA) is 71.7 Å². The highest BCUT2D eigenvalue weighted by molar-refractivity contribution is 5.83. The maximum atomic E-state index is 11.6. The van der Waals surface area contributed by atoms with Crippen molar-refractivity contribution in [2.24, 2.45) is 0 Å². The van der Waals surface area contributed by atoms with Gasteiger partial charge in [-0.2, -0.15) is 0 Å². The molecule has 5 heteroatoms. The molecule has 0 saturated heterocycles. The Morgan fingerprint density at radius 1 is 1.25 bits per heavy atom. The largest absolute Gasteiger partial charge is 0.497 e. The minimum absolute atomic E-state index is 0.403. The Hall–Kier alpha value is -2.79. The van der Waals surface area contributed by atoms with Crippen LogP contribution >= 0.6 is 0 Å². The molecule has 24 heavy (non-hydrogen) atoms. The molecule has 0 aliphatic carbocycles. The quantitative estimate of drug-likeness (QED) is 0.723. The number of ether oxygens (including phenoxy) is 1. The van der Waals surface area contributed by atoms with Crippen LogP contribution in [0.3, 0.4) is 0 Å². The van der Waals surface area contributed by atoms with Crippen molar-refractivity contribution in [3.8, 4) is 5.75 Å². The SMILES string of the molecule is COc1ccc(CNC(C(=O)O)c2cc3cccc(C)c3o2)cc1. The van der Waals surface area contributed by atoms with Gasteiger partial charge in [-0.3, -0.25) is 10.1 Å². The maximum absolute atomic E-state index is 11.6. The first-order chi connectivity index (χ1) is 11.6. The summed E-state index contributed by atoms with van der Waals surface area (Å²) >= 11 is 0. The van der Waals surface area contributed by atoms with Gasteiger partial charge in [-0.15, -0.1) is 0 Å². The normalized spacial score (nSPS) is 12.2. The number of furan rings is 1. The van der Waals surface area contributed by atoms with Crippen LogP contribution in [0.2, 0.25) is 0 Å². The van der Waals surface area contributed by atoms with Gasteiger partial charge < -0.3 is 14.3 Å². The Morgan fingerprint density at radius 3 is 2.62 bits per heavy atom. The molecule has 0 aliphatic rings. The van der Waals surface area contributed by atoms with Crippen molar-refractivity contribution in [2.75, 3.05) is 7.11 Å². The minimum atomic E-state index is -0.972. The fourth-order valence-electron chi connectivity index (χ4n) is 2.64. The van der Waals surface area contributed by atoms with Crippen LogP contribution in [0.4, 0.5) is 0 Å². The first-order valence-electron chi connectivity index (χ1n) is 7.66. The molecular formula is C19H19NO4. The molecule has 1 aromatic heterocycles. The van der Waals surface area contributed by atoms with Crippen LogP contribution in [0.1, 0.15) is 22.9 Å². The number of nitrogens with one attached hydrogen (secondary N) is 1. The van der Waals surface area contributed by atoms with E-state index >= 15 is 0 Å². The summed E-state index contributed by atoms with van der Waals surface area (Å²) < 4.78 is 10.9. The number of rotatable bonds is 6. The number of benzene rings is 2. The van der Waals surface area contributed by atoms with Crippen molar-refractivity contribution >= 4 is 16.9 Å². The van der Waals surface area contributed by atoms with Gasteiger partial charge in [-0.25, -0.2) is 0 Å². The summed E-state index contributed by atoms with van der Waals surface area (Å²) in [4.78, 5) is 11.6. The predicted molar refractivity (Wildman–Crippen MR) is 91.2 cm³/mol. The lowest BCUT2D eigenvalue weighted by molar-refractivity contribution is -0.140. The van der Waals surface area contributed by atoms with Crippen LogP contribution in [0.5, 0.6) is 5.75 Å². The van der Waals surface area contributed by atoms with Gasteiger partial charge >= 0.3 is 5.97 Å². The molecule has 0 fully saturated rings. The van der Waals surface area contributed by atoms with Crippen molar-refractivity contribution in [2.45, 2.75) is 19.5 Å². The highest BCUT2D eigenvalue weighted by Crippen LogP contribution is 2.27. The number of carboxylic acid groups (broad SMARTS) is 1. The second kappa shape index (κ2) is 6.76. The lowest BCUT2D eigenvalue weighted by Gasteiger charge is -2.12. The molecular weight excluding hydrogens is 306 g/mol. The third-order valence-corrected chi connectivity index (χ3v) is 3.96. The van der Waals surface area contributed by atoms with Crippen molar-refractivity contribution in [1.82, 2.24) is 5.32 Å². The molecule has 1 unspecified atom stereocenters. The van der Waals surface area contributed by atoms with Gasteiger partial charge in [0.2, 0.25) is 0 Å². The summed E-state index contributed by atoms with van der Waals surface area (Å²) in [5.41, 5.74) is 2.68.